The van der Waals surface area contributed by atoms with E-state index in [0.717, 1.165) is 6.42 Å². The van der Waals surface area contributed by atoms with Gasteiger partial charge in [0.1, 0.15) is 0 Å². The van der Waals surface area contributed by atoms with Crippen LogP contribution < -0.4 is 0 Å². The minimum absolute atomic E-state index is 0.0864. The summed E-state index contributed by atoms with van der Waals surface area (Å²) >= 11 is 0. The van der Waals surface area contributed by atoms with Crippen molar-refractivity contribution >= 4 is 5.78 Å². The van der Waals surface area contributed by atoms with Crippen molar-refractivity contribution in [1.82, 2.24) is 0 Å². The number of carbonyl (C=O) groups excluding carboxylic acids is 1. The molecule has 0 aromatic rings. The third-order valence-electron chi connectivity index (χ3n) is 1.22. The van der Waals surface area contributed by atoms with Gasteiger partial charge in [0, 0.05) is 7.11 Å². The van der Waals surface area contributed by atoms with Crippen molar-refractivity contribution in [2.45, 2.75) is 26.4 Å². The third kappa shape index (κ3) is 5.51. The zero-order chi connectivity index (χ0) is 7.98. The van der Waals surface area contributed by atoms with Gasteiger partial charge in [0.25, 0.3) is 0 Å². The van der Waals surface area contributed by atoms with Gasteiger partial charge in [-0.05, 0) is 26.3 Å². The lowest BCUT2D eigenvalue weighted by molar-refractivity contribution is -0.112. The highest BCUT2D eigenvalue weighted by molar-refractivity contribution is 5.87. The third-order valence-corrected chi connectivity index (χ3v) is 1.22. The van der Waals surface area contributed by atoms with Crippen molar-refractivity contribution in [3.05, 3.63) is 12.2 Å². The van der Waals surface area contributed by atoms with Gasteiger partial charge in [0.15, 0.2) is 5.78 Å². The fraction of sp³-hybridized carbons (Fsp3) is 0.625. The molecule has 0 aliphatic carbocycles. The number of ether oxygens (including phenoxy) is 1. The summed E-state index contributed by atoms with van der Waals surface area (Å²) in [4.78, 5) is 10.4. The molecule has 0 aromatic carbocycles. The summed E-state index contributed by atoms with van der Waals surface area (Å²) in [6.45, 7) is 3.50. The maximum atomic E-state index is 10.4. The van der Waals surface area contributed by atoms with Crippen LogP contribution in [-0.4, -0.2) is 19.0 Å². The fourth-order valence-electron chi connectivity index (χ4n) is 0.522. The van der Waals surface area contributed by atoms with Gasteiger partial charge in [-0.15, -0.1) is 0 Å². The highest BCUT2D eigenvalue weighted by Gasteiger charge is 1.93. The normalized spacial score (nSPS) is 13.9. The summed E-state index contributed by atoms with van der Waals surface area (Å²) in [5.41, 5.74) is 0. The highest BCUT2D eigenvalue weighted by atomic mass is 16.5. The summed E-state index contributed by atoms with van der Waals surface area (Å²) in [5, 5.41) is 0. The van der Waals surface area contributed by atoms with Crippen LogP contribution in [0.1, 0.15) is 20.3 Å². The molecule has 0 aliphatic rings. The summed E-state index contributed by atoms with van der Waals surface area (Å²) in [6.07, 6.45) is 4.40. The Kier molecular flexibility index (Phi) is 4.85. The van der Waals surface area contributed by atoms with Crippen LogP contribution >= 0.6 is 0 Å². The van der Waals surface area contributed by atoms with Crippen LogP contribution in [0.4, 0.5) is 0 Å². The van der Waals surface area contributed by atoms with Gasteiger partial charge in [-0.2, -0.15) is 0 Å². The summed E-state index contributed by atoms with van der Waals surface area (Å²) in [6, 6.07) is 0. The molecule has 0 rings (SSSR count). The average molecular weight is 142 g/mol. The Labute approximate surface area is 61.9 Å². The molecule has 0 aromatic heterocycles. The van der Waals surface area contributed by atoms with E-state index >= 15 is 0 Å². The van der Waals surface area contributed by atoms with Gasteiger partial charge in [0.05, 0.1) is 6.10 Å². The predicted molar refractivity (Wildman–Crippen MR) is 40.9 cm³/mol. The molecule has 10 heavy (non-hydrogen) atoms. The maximum absolute atomic E-state index is 10.4. The van der Waals surface area contributed by atoms with Crippen LogP contribution in [0.15, 0.2) is 12.2 Å². The quantitative estimate of drug-likeness (QED) is 0.557. The van der Waals surface area contributed by atoms with E-state index in [0.29, 0.717) is 0 Å². The number of rotatable bonds is 4. The molecular formula is C8H14O2. The van der Waals surface area contributed by atoms with E-state index in [1.807, 2.05) is 13.0 Å². The molecule has 0 N–H and O–H groups in total. The Morgan fingerprint density at radius 1 is 1.70 bits per heavy atom. The maximum Gasteiger partial charge on any atom is 0.152 e. The minimum Gasteiger partial charge on any atom is -0.381 e. The summed E-state index contributed by atoms with van der Waals surface area (Å²) in [5.74, 6) is 0.0864. The Hall–Kier alpha value is -0.630. The van der Waals surface area contributed by atoms with Crippen molar-refractivity contribution < 1.29 is 9.53 Å². The minimum atomic E-state index is 0.0864. The zero-order valence-corrected chi connectivity index (χ0v) is 6.76. The molecule has 58 valence electrons. The first-order valence-corrected chi connectivity index (χ1v) is 3.36. The second-order valence-electron chi connectivity index (χ2n) is 2.30. The number of hydrogen-bond acceptors (Lipinski definition) is 2. The van der Waals surface area contributed by atoms with Crippen LogP contribution in [0.2, 0.25) is 0 Å². The van der Waals surface area contributed by atoms with Crippen LogP contribution in [0.3, 0.4) is 0 Å². The van der Waals surface area contributed by atoms with Crippen LogP contribution in [0.5, 0.6) is 0 Å². The summed E-state index contributed by atoms with van der Waals surface area (Å²) < 4.78 is 4.97. The molecule has 0 amide bonds. The van der Waals surface area contributed by atoms with Crippen molar-refractivity contribution in [2.75, 3.05) is 7.11 Å². The fourth-order valence-corrected chi connectivity index (χ4v) is 0.522. The van der Waals surface area contributed by atoms with Gasteiger partial charge in [-0.3, -0.25) is 4.79 Å². The largest absolute Gasteiger partial charge is 0.381 e. The molecule has 2 nitrogen and oxygen atoms in total. The SMILES string of the molecule is COC(C)CC=CC(C)=O. The monoisotopic (exact) mass is 142 g/mol. The number of methoxy groups -OCH3 is 1. The van der Waals surface area contributed by atoms with Crippen molar-refractivity contribution in [3.63, 3.8) is 0 Å². The molecule has 0 heterocycles. The number of hydrogen-bond donors (Lipinski definition) is 0. The molecule has 0 radical (unpaired) electrons. The van der Waals surface area contributed by atoms with Gasteiger partial charge in [-0.25, -0.2) is 0 Å². The smallest absolute Gasteiger partial charge is 0.152 e. The first-order chi connectivity index (χ1) is 4.66. The first kappa shape index (κ1) is 9.37. The van der Waals surface area contributed by atoms with Gasteiger partial charge >= 0.3 is 0 Å². The summed E-state index contributed by atoms with van der Waals surface area (Å²) in [7, 11) is 1.66. The second kappa shape index (κ2) is 5.18. The Balaban J connectivity index is 3.43. The topological polar surface area (TPSA) is 26.3 Å². The lowest BCUT2D eigenvalue weighted by Crippen LogP contribution is -2.01. The Morgan fingerprint density at radius 3 is 2.70 bits per heavy atom. The van der Waals surface area contributed by atoms with Crippen molar-refractivity contribution in [2.24, 2.45) is 0 Å². The Bertz CT molecular complexity index is 127. The first-order valence-electron chi connectivity index (χ1n) is 3.36. The van der Waals surface area contributed by atoms with E-state index < -0.39 is 0 Å². The molecule has 0 saturated heterocycles. The molecule has 0 bridgehead atoms. The number of carbonyl (C=O) groups is 1. The molecule has 0 aliphatic heterocycles. The van der Waals surface area contributed by atoms with Crippen LogP contribution in [0.25, 0.3) is 0 Å². The van der Waals surface area contributed by atoms with E-state index in [2.05, 4.69) is 0 Å². The molecule has 2 heteroatoms. The van der Waals surface area contributed by atoms with Crippen LogP contribution in [0, 0.1) is 0 Å². The molecule has 1 atom stereocenters. The zero-order valence-electron chi connectivity index (χ0n) is 6.76. The van der Waals surface area contributed by atoms with Gasteiger partial charge in [-0.1, -0.05) is 6.08 Å². The standard InChI is InChI=1S/C8H14O2/c1-7(9)5-4-6-8(2)10-3/h4-5,8H,6H2,1-3H3. The van der Waals surface area contributed by atoms with Crippen molar-refractivity contribution in [1.29, 1.82) is 0 Å². The molecule has 0 spiro atoms. The highest BCUT2D eigenvalue weighted by Crippen LogP contribution is 1.95. The van der Waals surface area contributed by atoms with Crippen LogP contribution in [-0.2, 0) is 9.53 Å². The van der Waals surface area contributed by atoms with Gasteiger partial charge < -0.3 is 4.74 Å². The van der Waals surface area contributed by atoms with Crippen molar-refractivity contribution in [3.8, 4) is 0 Å². The number of allylic oxidation sites excluding steroid dienone is 1. The number of ketones is 1. The lowest BCUT2D eigenvalue weighted by Gasteiger charge is -2.03. The predicted octanol–water partition coefficient (Wildman–Crippen LogP) is 1.56. The Morgan fingerprint density at radius 2 is 2.30 bits per heavy atom. The molecule has 0 fully saturated rings. The molecule has 0 saturated carbocycles. The van der Waals surface area contributed by atoms with E-state index in [9.17, 15) is 4.79 Å². The lowest BCUT2D eigenvalue weighted by atomic mass is 10.2. The van der Waals surface area contributed by atoms with E-state index in [-0.39, 0.29) is 11.9 Å². The molecule has 1 unspecified atom stereocenters. The second-order valence-corrected chi connectivity index (χ2v) is 2.30. The van der Waals surface area contributed by atoms with Gasteiger partial charge in [0.2, 0.25) is 0 Å². The molecular weight excluding hydrogens is 128 g/mol. The average Bonchev–Trinajstić information content (AvgIpc) is 1.87. The van der Waals surface area contributed by atoms with E-state index in [1.54, 1.807) is 13.2 Å². The van der Waals surface area contributed by atoms with E-state index in [4.69, 9.17) is 4.74 Å². The van der Waals surface area contributed by atoms with E-state index in [1.165, 1.54) is 6.92 Å².